The zero-order valence-electron chi connectivity index (χ0n) is 8.09. The number of aromatic nitrogens is 2. The lowest BCUT2D eigenvalue weighted by molar-refractivity contribution is 1.18. The Bertz CT molecular complexity index is 549. The Labute approximate surface area is 87.8 Å². The second kappa shape index (κ2) is 3.24. The Morgan fingerprint density at radius 1 is 1.07 bits per heavy atom. The summed E-state index contributed by atoms with van der Waals surface area (Å²) in [6, 6.07) is 17.0. The molecule has 0 amide bonds. The minimum absolute atomic E-state index is 0.951. The van der Waals surface area contributed by atoms with Gasteiger partial charge in [0.15, 0.2) is 0 Å². The van der Waals surface area contributed by atoms with E-state index in [0.29, 0.717) is 0 Å². The van der Waals surface area contributed by atoms with Crippen LogP contribution in [-0.4, -0.2) is 9.38 Å². The van der Waals surface area contributed by atoms with Gasteiger partial charge < -0.3 is 4.40 Å². The van der Waals surface area contributed by atoms with E-state index < -0.39 is 0 Å². The Morgan fingerprint density at radius 3 is 2.73 bits per heavy atom. The predicted molar refractivity (Wildman–Crippen MR) is 59.5 cm³/mol. The number of hydrogen-bond acceptors (Lipinski definition) is 1. The molecule has 0 aliphatic rings. The Morgan fingerprint density at radius 2 is 1.93 bits per heavy atom. The average molecular weight is 193 g/mol. The van der Waals surface area contributed by atoms with E-state index in [-0.39, 0.29) is 0 Å². The molecule has 2 heteroatoms. The first-order valence-corrected chi connectivity index (χ1v) is 4.84. The van der Waals surface area contributed by atoms with Crippen molar-refractivity contribution in [3.8, 4) is 11.3 Å². The van der Waals surface area contributed by atoms with Crippen molar-refractivity contribution >= 4 is 5.65 Å². The fourth-order valence-electron chi connectivity index (χ4n) is 1.63. The second-order valence-electron chi connectivity index (χ2n) is 3.39. The summed E-state index contributed by atoms with van der Waals surface area (Å²) in [5.41, 5.74) is 3.09. The number of benzene rings is 1. The quantitative estimate of drug-likeness (QED) is 0.581. The van der Waals surface area contributed by atoms with Crippen molar-refractivity contribution < 1.29 is 0 Å². The van der Waals surface area contributed by atoms with Gasteiger partial charge >= 0.3 is 0 Å². The number of pyridine rings is 1. The number of rotatable bonds is 1. The standard InChI is InChI=1S/C13H9N2/c1-2-6-11(7-3-1)12-10-15-9-5-4-8-13(15)14-12/h1-4,6-10H. The summed E-state index contributed by atoms with van der Waals surface area (Å²) in [5, 5.41) is 0. The average Bonchev–Trinajstić information content (AvgIpc) is 2.74. The lowest BCUT2D eigenvalue weighted by Gasteiger charge is -1.92. The molecule has 0 aliphatic heterocycles. The minimum atomic E-state index is 0.951. The van der Waals surface area contributed by atoms with Crippen LogP contribution in [0.5, 0.6) is 0 Å². The largest absolute Gasteiger partial charge is 0.306 e. The summed E-state index contributed by atoms with van der Waals surface area (Å²) in [4.78, 5) is 4.53. The third-order valence-electron chi connectivity index (χ3n) is 2.37. The van der Waals surface area contributed by atoms with Crippen LogP contribution in [0.1, 0.15) is 0 Å². The number of hydrogen-bond donors (Lipinski definition) is 0. The van der Waals surface area contributed by atoms with E-state index in [4.69, 9.17) is 0 Å². The van der Waals surface area contributed by atoms with Gasteiger partial charge in [-0.3, -0.25) is 0 Å². The number of fused-ring (bicyclic) bond motifs is 1. The highest BCUT2D eigenvalue weighted by Gasteiger charge is 2.01. The zero-order chi connectivity index (χ0) is 10.1. The van der Waals surface area contributed by atoms with Crippen LogP contribution in [0.2, 0.25) is 0 Å². The molecule has 3 aromatic rings. The lowest BCUT2D eigenvalue weighted by Crippen LogP contribution is -1.77. The molecular formula is C13H9N2. The van der Waals surface area contributed by atoms with Gasteiger partial charge in [-0.1, -0.05) is 30.3 Å². The molecule has 0 aliphatic carbocycles. The van der Waals surface area contributed by atoms with Crippen LogP contribution in [0.3, 0.4) is 0 Å². The lowest BCUT2D eigenvalue weighted by atomic mass is 10.2. The van der Waals surface area contributed by atoms with Crippen molar-refractivity contribution in [2.75, 3.05) is 0 Å². The van der Waals surface area contributed by atoms with Gasteiger partial charge in [0.2, 0.25) is 0 Å². The molecule has 0 atom stereocenters. The summed E-state index contributed by atoms with van der Waals surface area (Å²) in [7, 11) is 0. The first-order chi connectivity index (χ1) is 7.43. The zero-order valence-corrected chi connectivity index (χ0v) is 8.09. The van der Waals surface area contributed by atoms with Crippen LogP contribution in [0.25, 0.3) is 16.9 Å². The van der Waals surface area contributed by atoms with Crippen molar-refractivity contribution in [3.05, 3.63) is 60.9 Å². The van der Waals surface area contributed by atoms with Crippen LogP contribution in [0.4, 0.5) is 0 Å². The summed E-state index contributed by atoms with van der Waals surface area (Å²) in [6.07, 6.45) is 3.90. The Kier molecular flexibility index (Phi) is 1.78. The highest BCUT2D eigenvalue weighted by atomic mass is 15.0. The second-order valence-corrected chi connectivity index (χ2v) is 3.39. The maximum absolute atomic E-state index is 4.53. The summed E-state index contributed by atoms with van der Waals surface area (Å²) in [6.45, 7) is 0. The van der Waals surface area contributed by atoms with Gasteiger partial charge in [0, 0.05) is 18.0 Å². The molecule has 15 heavy (non-hydrogen) atoms. The molecule has 1 aromatic carbocycles. The molecule has 0 spiro atoms. The molecule has 2 aromatic heterocycles. The molecular weight excluding hydrogens is 184 g/mol. The number of nitrogens with zero attached hydrogens (tertiary/aromatic N) is 2. The third kappa shape index (κ3) is 1.40. The van der Waals surface area contributed by atoms with Gasteiger partial charge in [0.1, 0.15) is 5.65 Å². The summed E-state index contributed by atoms with van der Waals surface area (Å²) < 4.78 is 1.97. The summed E-state index contributed by atoms with van der Waals surface area (Å²) in [5.74, 6) is 0. The van der Waals surface area contributed by atoms with Crippen molar-refractivity contribution in [2.24, 2.45) is 0 Å². The van der Waals surface area contributed by atoms with E-state index in [1.165, 1.54) is 0 Å². The van der Waals surface area contributed by atoms with Crippen LogP contribution < -0.4 is 0 Å². The smallest absolute Gasteiger partial charge is 0.137 e. The van der Waals surface area contributed by atoms with E-state index in [0.717, 1.165) is 16.9 Å². The molecule has 0 N–H and O–H groups in total. The molecule has 2 heterocycles. The van der Waals surface area contributed by atoms with E-state index in [9.17, 15) is 0 Å². The van der Waals surface area contributed by atoms with Gasteiger partial charge in [-0.2, -0.15) is 0 Å². The van der Waals surface area contributed by atoms with Crippen LogP contribution >= 0.6 is 0 Å². The van der Waals surface area contributed by atoms with Gasteiger partial charge in [0.05, 0.1) is 5.69 Å². The van der Waals surface area contributed by atoms with Gasteiger partial charge in [0.25, 0.3) is 0 Å². The van der Waals surface area contributed by atoms with Crippen LogP contribution in [-0.2, 0) is 0 Å². The Hall–Kier alpha value is -2.09. The van der Waals surface area contributed by atoms with Crippen LogP contribution in [0.15, 0.2) is 54.9 Å². The van der Waals surface area contributed by atoms with Crippen molar-refractivity contribution in [1.82, 2.24) is 9.38 Å². The fraction of sp³-hybridized carbons (Fsp3) is 0. The molecule has 1 radical (unpaired) electrons. The molecule has 0 saturated heterocycles. The summed E-state index contributed by atoms with van der Waals surface area (Å²) >= 11 is 0. The van der Waals surface area contributed by atoms with E-state index in [1.54, 1.807) is 0 Å². The molecule has 0 unspecified atom stereocenters. The van der Waals surface area contributed by atoms with Crippen LogP contribution in [0, 0.1) is 6.07 Å². The van der Waals surface area contributed by atoms with E-state index >= 15 is 0 Å². The molecule has 0 bridgehead atoms. The topological polar surface area (TPSA) is 17.3 Å². The first kappa shape index (κ1) is 8.24. The maximum atomic E-state index is 4.53. The van der Waals surface area contributed by atoms with Gasteiger partial charge in [-0.25, -0.2) is 4.98 Å². The van der Waals surface area contributed by atoms with Gasteiger partial charge in [-0.15, -0.1) is 0 Å². The molecule has 0 saturated carbocycles. The van der Waals surface area contributed by atoms with Crippen molar-refractivity contribution in [3.63, 3.8) is 0 Å². The highest BCUT2D eigenvalue weighted by molar-refractivity contribution is 5.62. The Balaban J connectivity index is 2.21. The minimum Gasteiger partial charge on any atom is -0.306 e. The van der Waals surface area contributed by atoms with Crippen molar-refractivity contribution in [1.29, 1.82) is 0 Å². The van der Waals surface area contributed by atoms with Crippen molar-refractivity contribution in [2.45, 2.75) is 0 Å². The third-order valence-corrected chi connectivity index (χ3v) is 2.37. The SMILES string of the molecule is [c]1ccc2nc(-c3ccccc3)cn2c1. The molecule has 3 rings (SSSR count). The molecule has 2 nitrogen and oxygen atoms in total. The monoisotopic (exact) mass is 193 g/mol. The van der Waals surface area contributed by atoms with E-state index in [2.05, 4.69) is 23.2 Å². The first-order valence-electron chi connectivity index (χ1n) is 4.84. The highest BCUT2D eigenvalue weighted by Crippen LogP contribution is 2.17. The van der Waals surface area contributed by atoms with E-state index in [1.807, 2.05) is 47.1 Å². The fourth-order valence-corrected chi connectivity index (χ4v) is 1.63. The van der Waals surface area contributed by atoms with Gasteiger partial charge in [-0.05, 0) is 18.2 Å². The predicted octanol–water partition coefficient (Wildman–Crippen LogP) is 2.80. The normalized spacial score (nSPS) is 10.7. The molecule has 71 valence electrons. The maximum Gasteiger partial charge on any atom is 0.137 e. The molecule has 0 fully saturated rings. The number of imidazole rings is 1.